The molecule has 1 heterocycles. The van der Waals surface area contributed by atoms with Gasteiger partial charge in [-0.2, -0.15) is 0 Å². The van der Waals surface area contributed by atoms with E-state index in [1.165, 1.54) is 27.2 Å². The summed E-state index contributed by atoms with van der Waals surface area (Å²) in [6.07, 6.45) is 5.03. The van der Waals surface area contributed by atoms with Gasteiger partial charge in [-0.05, 0) is 41.5 Å². The first-order chi connectivity index (χ1) is 16.6. The van der Waals surface area contributed by atoms with Crippen LogP contribution in [0.1, 0.15) is 62.0 Å². The SMILES string of the molecule is O=C(NCCCCCCCC(=O)N1CCC1C(=O)O)OCC1c2ccccc2-c2ccccc21. The molecule has 7 heteroatoms. The van der Waals surface area contributed by atoms with E-state index in [4.69, 9.17) is 9.84 Å². The summed E-state index contributed by atoms with van der Waals surface area (Å²) >= 11 is 0. The molecule has 180 valence electrons. The number of carboxylic acid groups (broad SMARTS) is 1. The Morgan fingerprint density at radius 3 is 2.15 bits per heavy atom. The van der Waals surface area contributed by atoms with Crippen molar-refractivity contribution in [1.29, 1.82) is 0 Å². The number of nitrogens with one attached hydrogen (secondary N) is 1. The average molecular weight is 465 g/mol. The van der Waals surface area contributed by atoms with Crippen LogP contribution in [0, 0.1) is 0 Å². The summed E-state index contributed by atoms with van der Waals surface area (Å²) in [6, 6.07) is 15.9. The Morgan fingerprint density at radius 2 is 1.53 bits per heavy atom. The number of hydrogen-bond acceptors (Lipinski definition) is 4. The summed E-state index contributed by atoms with van der Waals surface area (Å²) in [5.74, 6) is -0.915. The highest BCUT2D eigenvalue weighted by atomic mass is 16.5. The molecule has 7 nitrogen and oxygen atoms in total. The number of nitrogens with zero attached hydrogens (tertiary/aromatic N) is 1. The van der Waals surface area contributed by atoms with Crippen LogP contribution in [0.4, 0.5) is 4.79 Å². The number of amides is 2. The van der Waals surface area contributed by atoms with Gasteiger partial charge >= 0.3 is 12.1 Å². The molecule has 34 heavy (non-hydrogen) atoms. The van der Waals surface area contributed by atoms with Crippen molar-refractivity contribution in [3.05, 3.63) is 59.7 Å². The van der Waals surface area contributed by atoms with Crippen molar-refractivity contribution in [3.8, 4) is 11.1 Å². The van der Waals surface area contributed by atoms with Gasteiger partial charge < -0.3 is 20.1 Å². The zero-order chi connectivity index (χ0) is 23.9. The standard InChI is InChI=1S/C27H32N2O5/c30-25(29-17-15-24(29)26(31)32)14-4-2-1-3-9-16-28-27(33)34-18-23-21-12-7-5-10-19(21)20-11-6-8-13-22(20)23/h5-8,10-13,23-24H,1-4,9,14-18H2,(H,28,33)(H,31,32). The third-order valence-corrected chi connectivity index (χ3v) is 6.81. The number of benzene rings is 2. The second kappa shape index (κ2) is 11.2. The Labute approximate surface area is 200 Å². The lowest BCUT2D eigenvalue weighted by molar-refractivity contribution is -0.157. The zero-order valence-electron chi connectivity index (χ0n) is 19.4. The normalized spacial score (nSPS) is 16.4. The fraction of sp³-hybridized carbons (Fsp3) is 0.444. The summed E-state index contributed by atoms with van der Waals surface area (Å²) in [6.45, 7) is 1.43. The molecule has 0 spiro atoms. The van der Waals surface area contributed by atoms with Gasteiger partial charge in [0.05, 0.1) is 0 Å². The smallest absolute Gasteiger partial charge is 0.407 e. The first-order valence-electron chi connectivity index (χ1n) is 12.2. The number of ether oxygens (including phenoxy) is 1. The molecule has 1 saturated heterocycles. The van der Waals surface area contributed by atoms with E-state index >= 15 is 0 Å². The quantitative estimate of drug-likeness (QED) is 0.476. The number of alkyl carbamates (subject to hydrolysis) is 1. The number of carboxylic acids is 1. The fourth-order valence-electron chi connectivity index (χ4n) is 4.86. The predicted molar refractivity (Wildman–Crippen MR) is 129 cm³/mol. The molecular formula is C27H32N2O5. The summed E-state index contributed by atoms with van der Waals surface area (Å²) in [4.78, 5) is 36.7. The molecule has 4 rings (SSSR count). The van der Waals surface area contributed by atoms with E-state index < -0.39 is 18.1 Å². The highest BCUT2D eigenvalue weighted by Gasteiger charge is 2.36. The Kier molecular flexibility index (Phi) is 7.83. The molecular weight excluding hydrogens is 432 g/mol. The first-order valence-corrected chi connectivity index (χ1v) is 12.2. The van der Waals surface area contributed by atoms with Gasteiger partial charge in [-0.1, -0.05) is 67.8 Å². The van der Waals surface area contributed by atoms with Gasteiger partial charge in [0.2, 0.25) is 5.91 Å². The number of carbonyl (C=O) groups excluding carboxylic acids is 2. The van der Waals surface area contributed by atoms with Gasteiger partial charge in [-0.15, -0.1) is 0 Å². The van der Waals surface area contributed by atoms with Crippen LogP contribution in [-0.2, 0) is 14.3 Å². The van der Waals surface area contributed by atoms with Crippen LogP contribution in [0.5, 0.6) is 0 Å². The van der Waals surface area contributed by atoms with Gasteiger partial charge in [-0.25, -0.2) is 9.59 Å². The van der Waals surface area contributed by atoms with Crippen molar-refractivity contribution in [3.63, 3.8) is 0 Å². The van der Waals surface area contributed by atoms with Crippen LogP contribution in [0.15, 0.2) is 48.5 Å². The van der Waals surface area contributed by atoms with Crippen LogP contribution >= 0.6 is 0 Å². The lowest BCUT2D eigenvalue weighted by Crippen LogP contribution is -2.55. The number of unbranched alkanes of at least 4 members (excludes halogenated alkanes) is 4. The lowest BCUT2D eigenvalue weighted by atomic mass is 9.98. The predicted octanol–water partition coefficient (Wildman–Crippen LogP) is 4.55. The number of aliphatic carboxylic acids is 1. The maximum Gasteiger partial charge on any atom is 0.407 e. The second-order valence-electron chi connectivity index (χ2n) is 9.00. The minimum absolute atomic E-state index is 0.0582. The van der Waals surface area contributed by atoms with Gasteiger partial charge in [0.15, 0.2) is 0 Å². The van der Waals surface area contributed by atoms with Crippen LogP contribution < -0.4 is 5.32 Å². The minimum Gasteiger partial charge on any atom is -0.480 e. The van der Waals surface area contributed by atoms with Gasteiger partial charge in [0, 0.05) is 25.4 Å². The Hall–Kier alpha value is -3.35. The molecule has 1 aliphatic carbocycles. The number of fused-ring (bicyclic) bond motifs is 3. The molecule has 1 aliphatic heterocycles. The summed E-state index contributed by atoms with van der Waals surface area (Å²) in [5, 5.41) is 11.8. The molecule has 2 N–H and O–H groups in total. The van der Waals surface area contributed by atoms with Crippen molar-refractivity contribution >= 4 is 18.0 Å². The van der Waals surface area contributed by atoms with E-state index in [0.717, 1.165) is 32.1 Å². The molecule has 2 aromatic carbocycles. The number of carbonyl (C=O) groups is 3. The Balaban J connectivity index is 1.08. The zero-order valence-corrected chi connectivity index (χ0v) is 19.4. The van der Waals surface area contributed by atoms with E-state index in [1.54, 1.807) is 0 Å². The molecule has 0 aromatic heterocycles. The monoisotopic (exact) mass is 464 g/mol. The largest absolute Gasteiger partial charge is 0.480 e. The fourth-order valence-corrected chi connectivity index (χ4v) is 4.86. The molecule has 1 fully saturated rings. The highest BCUT2D eigenvalue weighted by molar-refractivity contribution is 5.85. The minimum atomic E-state index is -0.913. The van der Waals surface area contributed by atoms with Crippen molar-refractivity contribution in [2.75, 3.05) is 19.7 Å². The van der Waals surface area contributed by atoms with Crippen LogP contribution in [0.25, 0.3) is 11.1 Å². The molecule has 0 bridgehead atoms. The van der Waals surface area contributed by atoms with Gasteiger partial charge in [-0.3, -0.25) is 4.79 Å². The van der Waals surface area contributed by atoms with Crippen molar-refractivity contribution < 1.29 is 24.2 Å². The number of hydrogen-bond donors (Lipinski definition) is 2. The Bertz CT molecular complexity index is 992. The van der Waals surface area contributed by atoms with Crippen LogP contribution in [0.3, 0.4) is 0 Å². The summed E-state index contributed by atoms with van der Waals surface area (Å²) < 4.78 is 5.54. The van der Waals surface area contributed by atoms with Crippen molar-refractivity contribution in [1.82, 2.24) is 10.2 Å². The van der Waals surface area contributed by atoms with Crippen LogP contribution in [-0.4, -0.2) is 53.7 Å². The molecule has 2 aliphatic rings. The molecule has 2 aromatic rings. The lowest BCUT2D eigenvalue weighted by Gasteiger charge is -2.38. The third-order valence-electron chi connectivity index (χ3n) is 6.81. The van der Waals surface area contributed by atoms with E-state index in [1.807, 2.05) is 24.3 Å². The third kappa shape index (κ3) is 5.41. The molecule has 2 amide bonds. The van der Waals surface area contributed by atoms with E-state index in [2.05, 4.69) is 29.6 Å². The van der Waals surface area contributed by atoms with Crippen molar-refractivity contribution in [2.45, 2.75) is 56.9 Å². The topological polar surface area (TPSA) is 95.9 Å². The van der Waals surface area contributed by atoms with Gasteiger partial charge in [0.25, 0.3) is 0 Å². The molecule has 0 radical (unpaired) electrons. The first kappa shape index (κ1) is 23.8. The van der Waals surface area contributed by atoms with Crippen LogP contribution in [0.2, 0.25) is 0 Å². The van der Waals surface area contributed by atoms with E-state index in [0.29, 0.717) is 32.5 Å². The molecule has 0 saturated carbocycles. The molecule has 1 atom stereocenters. The summed E-state index contributed by atoms with van der Waals surface area (Å²) in [7, 11) is 0. The summed E-state index contributed by atoms with van der Waals surface area (Å²) in [5.41, 5.74) is 4.81. The Morgan fingerprint density at radius 1 is 0.912 bits per heavy atom. The average Bonchev–Trinajstić information content (AvgIpc) is 3.12. The van der Waals surface area contributed by atoms with E-state index in [-0.39, 0.29) is 11.8 Å². The molecule has 1 unspecified atom stereocenters. The second-order valence-corrected chi connectivity index (χ2v) is 9.00. The van der Waals surface area contributed by atoms with E-state index in [9.17, 15) is 14.4 Å². The highest BCUT2D eigenvalue weighted by Crippen LogP contribution is 2.44. The number of rotatable bonds is 11. The van der Waals surface area contributed by atoms with Crippen molar-refractivity contribution in [2.24, 2.45) is 0 Å². The van der Waals surface area contributed by atoms with Gasteiger partial charge in [0.1, 0.15) is 12.6 Å². The maximum absolute atomic E-state index is 12.2. The maximum atomic E-state index is 12.2. The number of likely N-dealkylation sites (tertiary alicyclic amines) is 1.